The van der Waals surface area contributed by atoms with Crippen molar-refractivity contribution in [1.82, 2.24) is 9.78 Å². The molecule has 2 rings (SSSR count). The summed E-state index contributed by atoms with van der Waals surface area (Å²) < 4.78 is 46.1. The molecular formula is C14H14ClF3N2O. The second-order valence-electron chi connectivity index (χ2n) is 4.68. The van der Waals surface area contributed by atoms with Crippen LogP contribution < -0.4 is 4.74 Å². The lowest BCUT2D eigenvalue weighted by molar-refractivity contribution is -0.138. The smallest absolute Gasteiger partial charge is 0.416 e. The van der Waals surface area contributed by atoms with E-state index in [1.165, 1.54) is 12.1 Å². The Morgan fingerprint density at radius 3 is 2.43 bits per heavy atom. The summed E-state index contributed by atoms with van der Waals surface area (Å²) in [7, 11) is 1.74. The summed E-state index contributed by atoms with van der Waals surface area (Å²) in [5.41, 5.74) is 0.595. The summed E-state index contributed by atoms with van der Waals surface area (Å²) in [5.74, 6) is 0.361. The van der Waals surface area contributed by atoms with Gasteiger partial charge in [0.15, 0.2) is 5.75 Å². The number of nitrogens with zero attached hydrogens (tertiary/aromatic N) is 2. The first-order chi connectivity index (χ1) is 9.74. The number of aryl methyl sites for hydroxylation is 2. The Kier molecular flexibility index (Phi) is 4.18. The van der Waals surface area contributed by atoms with E-state index in [1.807, 2.05) is 0 Å². The van der Waals surface area contributed by atoms with E-state index in [0.29, 0.717) is 11.4 Å². The maximum absolute atomic E-state index is 13.0. The highest BCUT2D eigenvalue weighted by Crippen LogP contribution is 2.37. The van der Waals surface area contributed by atoms with Gasteiger partial charge in [-0.25, -0.2) is 0 Å². The van der Waals surface area contributed by atoms with Crippen LogP contribution in [0, 0.1) is 13.8 Å². The molecule has 3 nitrogen and oxygen atoms in total. The minimum atomic E-state index is -4.47. The lowest BCUT2D eigenvalue weighted by atomic mass is 10.1. The molecule has 0 spiro atoms. The van der Waals surface area contributed by atoms with Gasteiger partial charge in [-0.1, -0.05) is 6.07 Å². The Hall–Kier alpha value is -1.69. The number of aromatic nitrogens is 2. The summed E-state index contributed by atoms with van der Waals surface area (Å²) in [5, 5.41) is 4.16. The summed E-state index contributed by atoms with van der Waals surface area (Å²) in [6.07, 6.45) is -4.47. The number of halogens is 4. The van der Waals surface area contributed by atoms with E-state index < -0.39 is 11.7 Å². The van der Waals surface area contributed by atoms with Gasteiger partial charge < -0.3 is 4.74 Å². The predicted molar refractivity (Wildman–Crippen MR) is 73.8 cm³/mol. The van der Waals surface area contributed by atoms with Crippen LogP contribution in [0.25, 0.3) is 0 Å². The van der Waals surface area contributed by atoms with Gasteiger partial charge in [-0.2, -0.15) is 18.3 Å². The SMILES string of the molecule is Cc1nn(C)c(C)c1Oc1ccc(CCl)c(C(F)(F)F)c1. The number of alkyl halides is 4. The minimum absolute atomic E-state index is 0.0242. The maximum Gasteiger partial charge on any atom is 0.416 e. The molecule has 0 aliphatic carbocycles. The topological polar surface area (TPSA) is 27.1 Å². The van der Waals surface area contributed by atoms with E-state index in [4.69, 9.17) is 16.3 Å². The van der Waals surface area contributed by atoms with Gasteiger partial charge >= 0.3 is 6.18 Å². The van der Waals surface area contributed by atoms with Crippen LogP contribution >= 0.6 is 11.6 Å². The molecule has 114 valence electrons. The third-order valence-electron chi connectivity index (χ3n) is 3.19. The van der Waals surface area contributed by atoms with Gasteiger partial charge in [0.2, 0.25) is 0 Å². The van der Waals surface area contributed by atoms with Crippen LogP contribution in [0.1, 0.15) is 22.5 Å². The van der Waals surface area contributed by atoms with Crippen LogP contribution in [0.4, 0.5) is 13.2 Å². The molecule has 2 aromatic rings. The summed E-state index contributed by atoms with van der Waals surface area (Å²) in [4.78, 5) is 0. The zero-order valence-electron chi connectivity index (χ0n) is 11.8. The number of hydrogen-bond donors (Lipinski definition) is 0. The van der Waals surface area contributed by atoms with Crippen molar-refractivity contribution in [3.05, 3.63) is 40.7 Å². The highest BCUT2D eigenvalue weighted by atomic mass is 35.5. The molecular weight excluding hydrogens is 305 g/mol. The quantitative estimate of drug-likeness (QED) is 0.774. The zero-order chi connectivity index (χ0) is 15.8. The molecule has 0 radical (unpaired) electrons. The van der Waals surface area contributed by atoms with Gasteiger partial charge in [-0.05, 0) is 31.5 Å². The third-order valence-corrected chi connectivity index (χ3v) is 3.48. The van der Waals surface area contributed by atoms with Crippen LogP contribution in [0.15, 0.2) is 18.2 Å². The van der Waals surface area contributed by atoms with E-state index >= 15 is 0 Å². The molecule has 0 amide bonds. The molecule has 0 bridgehead atoms. The molecule has 0 aliphatic rings. The second-order valence-corrected chi connectivity index (χ2v) is 4.94. The fraction of sp³-hybridized carbons (Fsp3) is 0.357. The van der Waals surface area contributed by atoms with Gasteiger partial charge in [-0.3, -0.25) is 4.68 Å². The number of rotatable bonds is 3. The number of benzene rings is 1. The first-order valence-electron chi connectivity index (χ1n) is 6.18. The summed E-state index contributed by atoms with van der Waals surface area (Å²) in [6, 6.07) is 3.76. The third kappa shape index (κ3) is 3.15. The van der Waals surface area contributed by atoms with Crippen molar-refractivity contribution in [2.75, 3.05) is 0 Å². The fourth-order valence-electron chi connectivity index (χ4n) is 2.02. The summed E-state index contributed by atoms with van der Waals surface area (Å²) in [6.45, 7) is 3.52. The molecule has 1 heterocycles. The molecule has 0 saturated heterocycles. The van der Waals surface area contributed by atoms with Crippen molar-refractivity contribution in [1.29, 1.82) is 0 Å². The largest absolute Gasteiger partial charge is 0.453 e. The molecule has 0 fully saturated rings. The predicted octanol–water partition coefficient (Wildman–Crippen LogP) is 4.59. The first-order valence-corrected chi connectivity index (χ1v) is 6.71. The molecule has 0 unspecified atom stereocenters. The van der Waals surface area contributed by atoms with Crippen molar-refractivity contribution >= 4 is 11.6 Å². The molecule has 1 aromatic heterocycles. The Morgan fingerprint density at radius 1 is 1.29 bits per heavy atom. The Morgan fingerprint density at radius 2 is 1.95 bits per heavy atom. The molecule has 0 atom stereocenters. The van der Waals surface area contributed by atoms with E-state index in [0.717, 1.165) is 11.8 Å². The van der Waals surface area contributed by atoms with Gasteiger partial charge in [-0.15, -0.1) is 11.6 Å². The lowest BCUT2D eigenvalue weighted by Crippen LogP contribution is -2.08. The van der Waals surface area contributed by atoms with E-state index in [9.17, 15) is 13.2 Å². The standard InChI is InChI=1S/C14H14ClF3N2O/c1-8-13(9(2)20(3)19-8)21-11-5-4-10(7-15)12(6-11)14(16,17)18/h4-6H,7H2,1-3H3. The Balaban J connectivity index is 2.42. The summed E-state index contributed by atoms with van der Waals surface area (Å²) >= 11 is 5.55. The lowest BCUT2D eigenvalue weighted by Gasteiger charge is -2.13. The minimum Gasteiger partial charge on any atom is -0.453 e. The normalized spacial score (nSPS) is 11.8. The average Bonchev–Trinajstić information content (AvgIpc) is 2.64. The van der Waals surface area contributed by atoms with Crippen LogP contribution in [0.3, 0.4) is 0 Å². The van der Waals surface area contributed by atoms with Crippen molar-refractivity contribution in [3.8, 4) is 11.5 Å². The van der Waals surface area contributed by atoms with Crippen molar-refractivity contribution < 1.29 is 17.9 Å². The van der Waals surface area contributed by atoms with E-state index in [2.05, 4.69) is 5.10 Å². The molecule has 7 heteroatoms. The van der Waals surface area contributed by atoms with Gasteiger partial charge in [0.25, 0.3) is 0 Å². The van der Waals surface area contributed by atoms with E-state index in [1.54, 1.807) is 25.6 Å². The first kappa shape index (κ1) is 15.7. The van der Waals surface area contributed by atoms with Crippen molar-refractivity contribution in [2.45, 2.75) is 25.9 Å². The van der Waals surface area contributed by atoms with Crippen LogP contribution in [-0.2, 0) is 19.1 Å². The highest BCUT2D eigenvalue weighted by molar-refractivity contribution is 6.17. The molecule has 0 saturated carbocycles. The van der Waals surface area contributed by atoms with Crippen LogP contribution in [0.2, 0.25) is 0 Å². The average molecular weight is 319 g/mol. The van der Waals surface area contributed by atoms with Gasteiger partial charge in [0.1, 0.15) is 11.4 Å². The van der Waals surface area contributed by atoms with Crippen molar-refractivity contribution in [3.63, 3.8) is 0 Å². The fourth-order valence-corrected chi connectivity index (χ4v) is 2.25. The van der Waals surface area contributed by atoms with Crippen LogP contribution in [-0.4, -0.2) is 9.78 Å². The van der Waals surface area contributed by atoms with E-state index in [-0.39, 0.29) is 17.2 Å². The Bertz CT molecular complexity index is 665. The van der Waals surface area contributed by atoms with Crippen LogP contribution in [0.5, 0.6) is 11.5 Å². The van der Waals surface area contributed by atoms with Crippen molar-refractivity contribution in [2.24, 2.45) is 7.05 Å². The molecule has 21 heavy (non-hydrogen) atoms. The maximum atomic E-state index is 13.0. The second kappa shape index (κ2) is 5.60. The van der Waals surface area contributed by atoms with Gasteiger partial charge in [0.05, 0.1) is 11.3 Å². The zero-order valence-corrected chi connectivity index (χ0v) is 12.5. The molecule has 0 N–H and O–H groups in total. The monoisotopic (exact) mass is 318 g/mol. The highest BCUT2D eigenvalue weighted by Gasteiger charge is 2.33. The number of ether oxygens (including phenoxy) is 1. The molecule has 0 aliphatic heterocycles. The Labute approximate surface area is 125 Å². The molecule has 1 aromatic carbocycles. The number of hydrogen-bond acceptors (Lipinski definition) is 2. The van der Waals surface area contributed by atoms with Gasteiger partial charge in [0, 0.05) is 12.9 Å².